The van der Waals surface area contributed by atoms with Crippen molar-refractivity contribution in [3.63, 3.8) is 0 Å². The van der Waals surface area contributed by atoms with Crippen LogP contribution in [0.4, 0.5) is 5.69 Å². The standard InChI is InChI=1S/C14H17NO3S/c1-2-9-19-11-5-3-10(4-6-11)15-12(16)14(7-8-14)13(17)18/h3-6H,2,7-9H2,1H3,(H,15,16)(H,17,18). The first-order chi connectivity index (χ1) is 9.08. The van der Waals surface area contributed by atoms with Crippen molar-refractivity contribution in [2.45, 2.75) is 31.1 Å². The molecular weight excluding hydrogens is 262 g/mol. The number of amides is 1. The quantitative estimate of drug-likeness (QED) is 0.620. The van der Waals surface area contributed by atoms with Gasteiger partial charge in [0.25, 0.3) is 0 Å². The topological polar surface area (TPSA) is 66.4 Å². The second-order valence-electron chi connectivity index (χ2n) is 4.71. The van der Waals surface area contributed by atoms with Gasteiger partial charge in [-0.2, -0.15) is 0 Å². The maximum absolute atomic E-state index is 11.9. The predicted octanol–water partition coefficient (Wildman–Crippen LogP) is 2.99. The van der Waals surface area contributed by atoms with Crippen LogP contribution in [0.2, 0.25) is 0 Å². The summed E-state index contributed by atoms with van der Waals surface area (Å²) in [7, 11) is 0. The van der Waals surface area contributed by atoms with Gasteiger partial charge in [-0.05, 0) is 49.3 Å². The van der Waals surface area contributed by atoms with Crippen LogP contribution in [0.1, 0.15) is 26.2 Å². The Morgan fingerprint density at radius 3 is 2.42 bits per heavy atom. The maximum Gasteiger partial charge on any atom is 0.319 e. The molecule has 0 aliphatic heterocycles. The van der Waals surface area contributed by atoms with E-state index in [4.69, 9.17) is 5.11 Å². The van der Waals surface area contributed by atoms with E-state index in [1.165, 1.54) is 0 Å². The Balaban J connectivity index is 1.96. The van der Waals surface area contributed by atoms with Gasteiger partial charge in [-0.3, -0.25) is 9.59 Å². The molecule has 19 heavy (non-hydrogen) atoms. The number of carbonyl (C=O) groups is 2. The minimum Gasteiger partial charge on any atom is -0.480 e. The molecule has 1 amide bonds. The second-order valence-corrected chi connectivity index (χ2v) is 5.88. The number of nitrogens with one attached hydrogen (secondary N) is 1. The molecule has 0 radical (unpaired) electrons. The highest BCUT2D eigenvalue weighted by Gasteiger charge is 2.57. The SMILES string of the molecule is CCCSc1ccc(NC(=O)C2(C(=O)O)CC2)cc1. The zero-order valence-corrected chi connectivity index (χ0v) is 11.6. The Morgan fingerprint density at radius 1 is 1.32 bits per heavy atom. The largest absolute Gasteiger partial charge is 0.480 e. The van der Waals surface area contributed by atoms with Gasteiger partial charge in [0.15, 0.2) is 0 Å². The molecule has 2 rings (SSSR count). The predicted molar refractivity (Wildman–Crippen MR) is 75.4 cm³/mol. The lowest BCUT2D eigenvalue weighted by atomic mass is 10.1. The fourth-order valence-corrected chi connectivity index (χ4v) is 2.54. The smallest absolute Gasteiger partial charge is 0.319 e. The van der Waals surface area contributed by atoms with E-state index in [0.717, 1.165) is 17.1 Å². The van der Waals surface area contributed by atoms with E-state index in [1.807, 2.05) is 24.3 Å². The molecule has 1 fully saturated rings. The van der Waals surface area contributed by atoms with Crippen LogP contribution in [-0.4, -0.2) is 22.7 Å². The molecule has 4 nitrogen and oxygen atoms in total. The molecule has 0 aromatic heterocycles. The van der Waals surface area contributed by atoms with Gasteiger partial charge in [-0.25, -0.2) is 0 Å². The van der Waals surface area contributed by atoms with Crippen molar-refractivity contribution < 1.29 is 14.7 Å². The Kier molecular flexibility index (Phi) is 4.14. The molecule has 1 aliphatic rings. The number of benzene rings is 1. The summed E-state index contributed by atoms with van der Waals surface area (Å²) >= 11 is 1.76. The molecule has 0 heterocycles. The second kappa shape index (κ2) is 5.65. The van der Waals surface area contributed by atoms with Crippen LogP contribution < -0.4 is 5.32 Å². The third-order valence-corrected chi connectivity index (χ3v) is 4.40. The summed E-state index contributed by atoms with van der Waals surface area (Å²) in [6.45, 7) is 2.13. The lowest BCUT2D eigenvalue weighted by molar-refractivity contribution is -0.147. The molecule has 0 saturated heterocycles. The maximum atomic E-state index is 11.9. The Labute approximate surface area is 116 Å². The third-order valence-electron chi connectivity index (χ3n) is 3.18. The molecule has 5 heteroatoms. The molecular formula is C14H17NO3S. The van der Waals surface area contributed by atoms with Crippen molar-refractivity contribution in [2.24, 2.45) is 5.41 Å². The van der Waals surface area contributed by atoms with E-state index in [0.29, 0.717) is 18.5 Å². The average Bonchev–Trinajstić information content (AvgIpc) is 3.19. The van der Waals surface area contributed by atoms with Crippen molar-refractivity contribution in [1.82, 2.24) is 0 Å². The molecule has 1 aliphatic carbocycles. The van der Waals surface area contributed by atoms with Crippen molar-refractivity contribution in [3.8, 4) is 0 Å². The number of carboxylic acid groups (broad SMARTS) is 1. The highest BCUT2D eigenvalue weighted by atomic mass is 32.2. The first-order valence-corrected chi connectivity index (χ1v) is 7.35. The molecule has 0 bridgehead atoms. The lowest BCUT2D eigenvalue weighted by Gasteiger charge is -2.11. The molecule has 0 spiro atoms. The number of hydrogen-bond acceptors (Lipinski definition) is 3. The molecule has 0 atom stereocenters. The van der Waals surface area contributed by atoms with E-state index in [9.17, 15) is 9.59 Å². The summed E-state index contributed by atoms with van der Waals surface area (Å²) in [6, 6.07) is 7.51. The molecule has 1 aromatic rings. The number of thioether (sulfide) groups is 1. The zero-order valence-electron chi connectivity index (χ0n) is 10.8. The molecule has 0 unspecified atom stereocenters. The zero-order chi connectivity index (χ0) is 13.9. The third kappa shape index (κ3) is 3.10. The highest BCUT2D eigenvalue weighted by Crippen LogP contribution is 2.46. The number of aliphatic carboxylic acids is 1. The number of rotatable bonds is 6. The van der Waals surface area contributed by atoms with Gasteiger partial charge in [-0.15, -0.1) is 11.8 Å². The summed E-state index contributed by atoms with van der Waals surface area (Å²) < 4.78 is 0. The summed E-state index contributed by atoms with van der Waals surface area (Å²) in [5, 5.41) is 11.7. The Hall–Kier alpha value is -1.49. The Morgan fingerprint density at radius 2 is 1.95 bits per heavy atom. The summed E-state index contributed by atoms with van der Waals surface area (Å²) in [5.41, 5.74) is -0.534. The van der Waals surface area contributed by atoms with Crippen molar-refractivity contribution in [2.75, 3.05) is 11.1 Å². The van der Waals surface area contributed by atoms with Crippen LogP contribution in [-0.2, 0) is 9.59 Å². The Bertz CT molecular complexity index is 480. The minimum absolute atomic E-state index is 0.408. The monoisotopic (exact) mass is 279 g/mol. The van der Waals surface area contributed by atoms with Crippen molar-refractivity contribution in [1.29, 1.82) is 0 Å². The highest BCUT2D eigenvalue weighted by molar-refractivity contribution is 7.99. The normalized spacial score (nSPS) is 15.8. The number of carboxylic acids is 1. The van der Waals surface area contributed by atoms with E-state index >= 15 is 0 Å². The fourth-order valence-electron chi connectivity index (χ4n) is 1.77. The average molecular weight is 279 g/mol. The van der Waals surface area contributed by atoms with E-state index in [2.05, 4.69) is 12.2 Å². The van der Waals surface area contributed by atoms with Gasteiger partial charge in [0.2, 0.25) is 5.91 Å². The molecule has 2 N–H and O–H groups in total. The molecule has 1 saturated carbocycles. The first kappa shape index (κ1) is 13.9. The van der Waals surface area contributed by atoms with Gasteiger partial charge < -0.3 is 10.4 Å². The summed E-state index contributed by atoms with van der Waals surface area (Å²) in [4.78, 5) is 24.1. The van der Waals surface area contributed by atoms with E-state index < -0.39 is 17.3 Å². The van der Waals surface area contributed by atoms with Gasteiger partial charge in [0.05, 0.1) is 0 Å². The van der Waals surface area contributed by atoms with Crippen molar-refractivity contribution >= 4 is 29.3 Å². The lowest BCUT2D eigenvalue weighted by Crippen LogP contribution is -2.31. The first-order valence-electron chi connectivity index (χ1n) is 6.36. The number of carbonyl (C=O) groups excluding carboxylic acids is 1. The van der Waals surface area contributed by atoms with Crippen LogP contribution in [0, 0.1) is 5.41 Å². The summed E-state index contributed by atoms with van der Waals surface area (Å²) in [6.07, 6.45) is 1.97. The van der Waals surface area contributed by atoms with Gasteiger partial charge in [0.1, 0.15) is 5.41 Å². The number of anilines is 1. The van der Waals surface area contributed by atoms with Gasteiger partial charge >= 0.3 is 5.97 Å². The summed E-state index contributed by atoms with van der Waals surface area (Å²) in [5.74, 6) is -0.373. The van der Waals surface area contributed by atoms with Crippen molar-refractivity contribution in [3.05, 3.63) is 24.3 Å². The van der Waals surface area contributed by atoms with Crippen LogP contribution in [0.5, 0.6) is 0 Å². The van der Waals surface area contributed by atoms with Crippen LogP contribution >= 0.6 is 11.8 Å². The van der Waals surface area contributed by atoms with Crippen LogP contribution in [0.15, 0.2) is 29.2 Å². The molecule has 1 aromatic carbocycles. The van der Waals surface area contributed by atoms with Gasteiger partial charge in [0, 0.05) is 10.6 Å². The van der Waals surface area contributed by atoms with E-state index in [1.54, 1.807) is 11.8 Å². The van der Waals surface area contributed by atoms with Crippen LogP contribution in [0.3, 0.4) is 0 Å². The minimum atomic E-state index is -1.18. The van der Waals surface area contributed by atoms with E-state index in [-0.39, 0.29) is 0 Å². The number of hydrogen-bond donors (Lipinski definition) is 2. The fraction of sp³-hybridized carbons (Fsp3) is 0.429. The van der Waals surface area contributed by atoms with Gasteiger partial charge in [-0.1, -0.05) is 6.92 Å². The molecule has 102 valence electrons. The van der Waals surface area contributed by atoms with Crippen LogP contribution in [0.25, 0.3) is 0 Å².